The van der Waals surface area contributed by atoms with Crippen LogP contribution in [0.4, 0.5) is 0 Å². The molecule has 0 bridgehead atoms. The molecule has 1 rings (SSSR count). The number of hydrogen-bond donors (Lipinski definition) is 2. The average Bonchev–Trinajstić information content (AvgIpc) is 2.34. The molecule has 0 spiro atoms. The lowest BCUT2D eigenvalue weighted by Crippen LogP contribution is -2.38. The van der Waals surface area contributed by atoms with Crippen molar-refractivity contribution in [3.63, 3.8) is 0 Å². The molecule has 0 aliphatic carbocycles. The third-order valence-corrected chi connectivity index (χ3v) is 3.73. The molecule has 0 aliphatic rings. The van der Waals surface area contributed by atoms with Gasteiger partial charge in [0.25, 0.3) is 0 Å². The number of benzene rings is 1. The summed E-state index contributed by atoms with van der Waals surface area (Å²) in [5, 5.41) is 13.3. The summed E-state index contributed by atoms with van der Waals surface area (Å²) < 4.78 is 0. The molecular weight excluding hydrogens is 248 g/mol. The summed E-state index contributed by atoms with van der Waals surface area (Å²) in [4.78, 5) is 2.29. The van der Waals surface area contributed by atoms with Crippen molar-refractivity contribution in [3.8, 4) is 5.75 Å². The van der Waals surface area contributed by atoms with Gasteiger partial charge in [0.15, 0.2) is 0 Å². The lowest BCUT2D eigenvalue weighted by Gasteiger charge is -2.26. The Morgan fingerprint density at radius 2 is 1.70 bits per heavy atom. The van der Waals surface area contributed by atoms with E-state index in [1.54, 1.807) is 0 Å². The summed E-state index contributed by atoms with van der Waals surface area (Å²) in [5.41, 5.74) is 3.14. The number of nitrogens with one attached hydrogen (secondary N) is 1. The molecule has 0 aromatic heterocycles. The van der Waals surface area contributed by atoms with Crippen LogP contribution >= 0.6 is 0 Å². The second kappa shape index (κ2) is 7.65. The number of aromatic hydroxyl groups is 1. The van der Waals surface area contributed by atoms with Crippen LogP contribution < -0.4 is 5.32 Å². The second-order valence-electron chi connectivity index (χ2n) is 6.46. The molecule has 0 aliphatic heterocycles. The van der Waals surface area contributed by atoms with Gasteiger partial charge in [0, 0.05) is 19.1 Å². The smallest absolute Gasteiger partial charge is 0.121 e. The fourth-order valence-electron chi connectivity index (χ4n) is 2.55. The Kier molecular flexibility index (Phi) is 6.50. The third kappa shape index (κ3) is 5.14. The number of nitrogens with zero attached hydrogens (tertiary/aromatic N) is 1. The SMILES string of the molecule is Cc1cc(CNCC(CC(C)C)N(C)C)cc(C)c1O. The Bertz CT molecular complexity index is 404. The Morgan fingerprint density at radius 1 is 1.15 bits per heavy atom. The fourth-order valence-corrected chi connectivity index (χ4v) is 2.55. The highest BCUT2D eigenvalue weighted by atomic mass is 16.3. The zero-order valence-corrected chi connectivity index (χ0v) is 13.8. The monoisotopic (exact) mass is 278 g/mol. The van der Waals surface area contributed by atoms with E-state index in [0.29, 0.717) is 17.7 Å². The van der Waals surface area contributed by atoms with Crippen LogP contribution in [0.15, 0.2) is 12.1 Å². The number of hydrogen-bond acceptors (Lipinski definition) is 3. The molecular formula is C17H30N2O. The lowest BCUT2D eigenvalue weighted by atomic mass is 10.0. The third-order valence-electron chi connectivity index (χ3n) is 3.73. The Balaban J connectivity index is 2.54. The van der Waals surface area contributed by atoms with Gasteiger partial charge in [0.1, 0.15) is 5.75 Å². The van der Waals surface area contributed by atoms with Crippen molar-refractivity contribution in [1.29, 1.82) is 0 Å². The average molecular weight is 278 g/mol. The number of phenols is 1. The molecule has 0 fully saturated rings. The molecule has 0 radical (unpaired) electrons. The molecule has 0 heterocycles. The van der Waals surface area contributed by atoms with Gasteiger partial charge in [0.05, 0.1) is 0 Å². The van der Waals surface area contributed by atoms with Crippen LogP contribution in [0.3, 0.4) is 0 Å². The number of aryl methyl sites for hydroxylation is 2. The molecule has 1 atom stereocenters. The quantitative estimate of drug-likeness (QED) is 0.804. The molecule has 3 heteroatoms. The molecule has 2 N–H and O–H groups in total. The van der Waals surface area contributed by atoms with Crippen molar-refractivity contribution in [1.82, 2.24) is 10.2 Å². The van der Waals surface area contributed by atoms with E-state index < -0.39 is 0 Å². The Morgan fingerprint density at radius 3 is 2.15 bits per heavy atom. The van der Waals surface area contributed by atoms with Gasteiger partial charge in [-0.1, -0.05) is 26.0 Å². The van der Waals surface area contributed by atoms with Crippen molar-refractivity contribution in [3.05, 3.63) is 28.8 Å². The highest BCUT2D eigenvalue weighted by Gasteiger charge is 2.13. The maximum atomic E-state index is 9.79. The molecule has 0 saturated heterocycles. The minimum absolute atomic E-state index is 0.416. The van der Waals surface area contributed by atoms with Gasteiger partial charge in [-0.25, -0.2) is 0 Å². The summed E-state index contributed by atoms with van der Waals surface area (Å²) >= 11 is 0. The molecule has 3 nitrogen and oxygen atoms in total. The summed E-state index contributed by atoms with van der Waals surface area (Å²) in [7, 11) is 4.28. The van der Waals surface area contributed by atoms with Crippen molar-refractivity contribution < 1.29 is 5.11 Å². The van der Waals surface area contributed by atoms with Crippen molar-refractivity contribution in [2.75, 3.05) is 20.6 Å². The van der Waals surface area contributed by atoms with Crippen LogP contribution in [-0.4, -0.2) is 36.7 Å². The van der Waals surface area contributed by atoms with Crippen LogP contribution in [0.25, 0.3) is 0 Å². The van der Waals surface area contributed by atoms with E-state index in [0.717, 1.165) is 24.2 Å². The highest BCUT2D eigenvalue weighted by Crippen LogP contribution is 2.22. The van der Waals surface area contributed by atoms with E-state index in [-0.39, 0.29) is 0 Å². The zero-order chi connectivity index (χ0) is 15.3. The molecule has 1 aromatic carbocycles. The summed E-state index contributed by atoms with van der Waals surface area (Å²) in [6, 6.07) is 4.68. The van der Waals surface area contributed by atoms with Crippen molar-refractivity contribution in [2.24, 2.45) is 5.92 Å². The Hall–Kier alpha value is -1.06. The van der Waals surface area contributed by atoms with Gasteiger partial charge in [0.2, 0.25) is 0 Å². The molecule has 1 unspecified atom stereocenters. The number of likely N-dealkylation sites (N-methyl/N-ethyl adjacent to an activating group) is 1. The van der Waals surface area contributed by atoms with Gasteiger partial charge in [-0.2, -0.15) is 0 Å². The number of rotatable bonds is 7. The van der Waals surface area contributed by atoms with Gasteiger partial charge < -0.3 is 15.3 Å². The topological polar surface area (TPSA) is 35.5 Å². The molecule has 114 valence electrons. The van der Waals surface area contributed by atoms with Crippen LogP contribution in [0, 0.1) is 19.8 Å². The fraction of sp³-hybridized carbons (Fsp3) is 0.647. The van der Waals surface area contributed by atoms with E-state index in [4.69, 9.17) is 0 Å². The maximum Gasteiger partial charge on any atom is 0.121 e. The van der Waals surface area contributed by atoms with Crippen molar-refractivity contribution in [2.45, 2.75) is 46.7 Å². The van der Waals surface area contributed by atoms with Crippen LogP contribution in [-0.2, 0) is 6.54 Å². The van der Waals surface area contributed by atoms with Crippen LogP contribution in [0.2, 0.25) is 0 Å². The van der Waals surface area contributed by atoms with E-state index in [9.17, 15) is 5.11 Å². The first-order valence-electron chi connectivity index (χ1n) is 7.47. The number of phenolic OH excluding ortho intramolecular Hbond substituents is 1. The maximum absolute atomic E-state index is 9.79. The first-order chi connectivity index (χ1) is 9.31. The van der Waals surface area contributed by atoms with Crippen molar-refractivity contribution >= 4 is 0 Å². The van der Waals surface area contributed by atoms with Gasteiger partial charge in [-0.15, -0.1) is 0 Å². The minimum Gasteiger partial charge on any atom is -0.507 e. The van der Waals surface area contributed by atoms with E-state index in [1.165, 1.54) is 12.0 Å². The highest BCUT2D eigenvalue weighted by molar-refractivity contribution is 5.42. The van der Waals surface area contributed by atoms with E-state index in [2.05, 4.69) is 50.3 Å². The largest absolute Gasteiger partial charge is 0.507 e. The van der Waals surface area contributed by atoms with Gasteiger partial charge in [-0.05, 0) is 57.0 Å². The minimum atomic E-state index is 0.416. The summed E-state index contributed by atoms with van der Waals surface area (Å²) in [6.07, 6.45) is 1.20. The molecule has 0 saturated carbocycles. The lowest BCUT2D eigenvalue weighted by molar-refractivity contribution is 0.246. The summed E-state index contributed by atoms with van der Waals surface area (Å²) in [5.74, 6) is 1.13. The molecule has 20 heavy (non-hydrogen) atoms. The van der Waals surface area contributed by atoms with Gasteiger partial charge >= 0.3 is 0 Å². The predicted octanol–water partition coefficient (Wildman–Crippen LogP) is 3.07. The Labute approximate surface area is 124 Å². The predicted molar refractivity (Wildman–Crippen MR) is 86.2 cm³/mol. The first-order valence-corrected chi connectivity index (χ1v) is 7.47. The zero-order valence-electron chi connectivity index (χ0n) is 13.8. The molecule has 1 aromatic rings. The van der Waals surface area contributed by atoms with E-state index in [1.807, 2.05) is 13.8 Å². The molecule has 0 amide bonds. The normalized spacial score (nSPS) is 13.2. The van der Waals surface area contributed by atoms with Gasteiger partial charge in [-0.3, -0.25) is 0 Å². The first kappa shape index (κ1) is 17.0. The van der Waals surface area contributed by atoms with E-state index >= 15 is 0 Å². The standard InChI is InChI=1S/C17H30N2O/c1-12(2)7-16(19(5)6)11-18-10-15-8-13(3)17(20)14(4)9-15/h8-9,12,16,18,20H,7,10-11H2,1-6H3. The summed E-state index contributed by atoms with van der Waals surface area (Å²) in [6.45, 7) is 10.3. The van der Waals surface area contributed by atoms with Crippen LogP contribution in [0.5, 0.6) is 5.75 Å². The van der Waals surface area contributed by atoms with Crippen LogP contribution in [0.1, 0.15) is 37.0 Å². The second-order valence-corrected chi connectivity index (χ2v) is 6.46.